The summed E-state index contributed by atoms with van der Waals surface area (Å²) in [5.74, 6) is 1.23. The van der Waals surface area contributed by atoms with E-state index in [1.165, 1.54) is 0 Å². The van der Waals surface area contributed by atoms with E-state index in [1.807, 2.05) is 52.0 Å². The number of aromatic nitrogens is 2. The topological polar surface area (TPSA) is 98.6 Å². The number of carbonyl (C=O) groups is 1. The van der Waals surface area contributed by atoms with Crippen LogP contribution in [0.3, 0.4) is 0 Å². The predicted octanol–water partition coefficient (Wildman–Crippen LogP) is 5.00. The number of nitrogens with one attached hydrogen (secondary N) is 1. The number of anilines is 1. The van der Waals surface area contributed by atoms with Gasteiger partial charge in [0.25, 0.3) is 0 Å². The van der Waals surface area contributed by atoms with Gasteiger partial charge in [0, 0.05) is 29.5 Å². The summed E-state index contributed by atoms with van der Waals surface area (Å²) >= 11 is 3.52. The van der Waals surface area contributed by atoms with Gasteiger partial charge in [-0.15, -0.1) is 0 Å². The van der Waals surface area contributed by atoms with Crippen LogP contribution < -0.4 is 10.2 Å². The van der Waals surface area contributed by atoms with E-state index < -0.39 is 6.10 Å². The monoisotopic (exact) mass is 518 g/mol. The van der Waals surface area contributed by atoms with Crippen LogP contribution in [0.2, 0.25) is 0 Å². The van der Waals surface area contributed by atoms with E-state index in [9.17, 15) is 15.0 Å². The zero-order valence-corrected chi connectivity index (χ0v) is 21.5. The second kappa shape index (κ2) is 12.7. The van der Waals surface area contributed by atoms with Crippen LogP contribution in [0, 0.1) is 5.92 Å². The Balaban J connectivity index is 2.28. The van der Waals surface area contributed by atoms with Crippen LogP contribution in [-0.4, -0.2) is 51.8 Å². The second-order valence-corrected chi connectivity index (χ2v) is 9.34. The van der Waals surface area contributed by atoms with Crippen molar-refractivity contribution in [2.45, 2.75) is 53.1 Å². The van der Waals surface area contributed by atoms with Gasteiger partial charge < -0.3 is 20.4 Å². The molecule has 1 aromatic heterocycles. The van der Waals surface area contributed by atoms with E-state index in [4.69, 9.17) is 4.98 Å². The van der Waals surface area contributed by atoms with Crippen LogP contribution in [-0.2, 0) is 4.79 Å². The summed E-state index contributed by atoms with van der Waals surface area (Å²) in [6.45, 7) is 13.3. The van der Waals surface area contributed by atoms with Crippen molar-refractivity contribution in [3.63, 3.8) is 0 Å². The number of carbonyl (C=O) groups excluding carboxylic acids is 1. The molecule has 1 amide bonds. The molecule has 0 aliphatic rings. The molecular weight excluding hydrogens is 484 g/mol. The first-order valence-electron chi connectivity index (χ1n) is 11.4. The third kappa shape index (κ3) is 7.82. The van der Waals surface area contributed by atoms with Crippen molar-refractivity contribution >= 4 is 44.1 Å². The lowest BCUT2D eigenvalue weighted by atomic mass is 10.0. The molecule has 0 spiro atoms. The molecular formula is C25H35BrN4O3. The first-order valence-corrected chi connectivity index (χ1v) is 12.2. The van der Waals surface area contributed by atoms with E-state index in [0.29, 0.717) is 49.8 Å². The number of amides is 1. The normalized spacial score (nSPS) is 12.8. The number of hydrogen-bond donors (Lipinski definition) is 3. The number of aliphatic hydroxyl groups is 2. The van der Waals surface area contributed by atoms with Gasteiger partial charge in [0.05, 0.1) is 23.6 Å². The lowest BCUT2D eigenvalue weighted by Gasteiger charge is -2.24. The molecule has 8 heteroatoms. The first-order chi connectivity index (χ1) is 15.7. The van der Waals surface area contributed by atoms with Crippen molar-refractivity contribution in [2.24, 2.45) is 5.92 Å². The van der Waals surface area contributed by atoms with E-state index in [1.54, 1.807) is 0 Å². The van der Waals surface area contributed by atoms with E-state index >= 15 is 0 Å². The number of rotatable bonds is 12. The number of aliphatic hydroxyl groups excluding tert-OH is 2. The summed E-state index contributed by atoms with van der Waals surface area (Å²) in [6.07, 6.45) is 2.63. The molecule has 0 aliphatic carbocycles. The van der Waals surface area contributed by atoms with Gasteiger partial charge in [-0.2, -0.15) is 0 Å². The number of likely N-dealkylation sites (N-methyl/N-ethyl adjacent to an activating group) is 1. The molecule has 7 nitrogen and oxygen atoms in total. The van der Waals surface area contributed by atoms with Crippen LogP contribution in [0.5, 0.6) is 0 Å². The summed E-state index contributed by atoms with van der Waals surface area (Å²) in [5.41, 5.74) is 1.26. The van der Waals surface area contributed by atoms with Crippen LogP contribution in [0.25, 0.3) is 16.5 Å². The Morgan fingerprint density at radius 2 is 2.03 bits per heavy atom. The highest BCUT2D eigenvalue weighted by Gasteiger charge is 2.18. The molecule has 2 aromatic rings. The van der Waals surface area contributed by atoms with Gasteiger partial charge in [0.2, 0.25) is 5.91 Å². The summed E-state index contributed by atoms with van der Waals surface area (Å²) in [4.78, 5) is 23.7. The predicted molar refractivity (Wildman–Crippen MR) is 138 cm³/mol. The Kier molecular flexibility index (Phi) is 10.3. The number of fused-ring (bicyclic) bond motifs is 1. The van der Waals surface area contributed by atoms with E-state index in [-0.39, 0.29) is 18.1 Å². The van der Waals surface area contributed by atoms with Gasteiger partial charge in [-0.1, -0.05) is 49.4 Å². The summed E-state index contributed by atoms with van der Waals surface area (Å²) < 4.78 is 0.909. The maximum Gasteiger partial charge on any atom is 0.222 e. The molecule has 0 aliphatic heterocycles. The molecule has 0 radical (unpaired) electrons. The molecule has 0 saturated heterocycles. The van der Waals surface area contributed by atoms with Crippen molar-refractivity contribution in [3.8, 4) is 0 Å². The standard InChI is InChI=1S/C25H35BrN4O3/c1-6-8-20(17(5)31)24-28-22-10-9-18(26)14-21(22)25(29-24)30(7-2)12-11-27-23(33)15-19(32)13-16(3)4/h8-10,14,16,19,31-32H,5-7,11-13,15H2,1-4H3,(H,27,33)/b20-8+. The zero-order valence-electron chi connectivity index (χ0n) is 19.9. The number of hydrogen-bond acceptors (Lipinski definition) is 6. The van der Waals surface area contributed by atoms with Crippen molar-refractivity contribution in [1.29, 1.82) is 0 Å². The smallest absolute Gasteiger partial charge is 0.222 e. The maximum absolute atomic E-state index is 12.2. The largest absolute Gasteiger partial charge is 0.508 e. The van der Waals surface area contributed by atoms with Crippen LogP contribution in [0.4, 0.5) is 5.82 Å². The third-order valence-electron chi connectivity index (χ3n) is 5.15. The molecule has 1 aromatic carbocycles. The van der Waals surface area contributed by atoms with Gasteiger partial charge in [0.1, 0.15) is 11.6 Å². The second-order valence-electron chi connectivity index (χ2n) is 8.42. The molecule has 180 valence electrons. The highest BCUT2D eigenvalue weighted by Crippen LogP contribution is 2.30. The fraction of sp³-hybridized carbons (Fsp3) is 0.480. The Morgan fingerprint density at radius 3 is 2.64 bits per heavy atom. The Morgan fingerprint density at radius 1 is 1.30 bits per heavy atom. The molecule has 0 saturated carbocycles. The van der Waals surface area contributed by atoms with Crippen LogP contribution in [0.1, 0.15) is 52.8 Å². The fourth-order valence-electron chi connectivity index (χ4n) is 3.65. The molecule has 1 unspecified atom stereocenters. The number of benzene rings is 1. The summed E-state index contributed by atoms with van der Waals surface area (Å²) in [5, 5.41) is 23.9. The first kappa shape index (κ1) is 26.8. The average molecular weight is 519 g/mol. The summed E-state index contributed by atoms with van der Waals surface area (Å²) in [7, 11) is 0. The molecule has 33 heavy (non-hydrogen) atoms. The van der Waals surface area contributed by atoms with Crippen molar-refractivity contribution in [2.75, 3.05) is 24.5 Å². The number of nitrogens with zero attached hydrogens (tertiary/aromatic N) is 3. The van der Waals surface area contributed by atoms with Crippen molar-refractivity contribution in [3.05, 3.63) is 46.9 Å². The minimum absolute atomic E-state index is 0.0745. The van der Waals surface area contributed by atoms with Crippen molar-refractivity contribution in [1.82, 2.24) is 15.3 Å². The highest BCUT2D eigenvalue weighted by atomic mass is 79.9. The molecule has 1 atom stereocenters. The minimum Gasteiger partial charge on any atom is -0.508 e. The SMILES string of the molecule is C=C(O)/C(=C\CC)c1nc(N(CC)CCNC(=O)CC(O)CC(C)C)c2cc(Br)ccc2n1. The van der Waals surface area contributed by atoms with Gasteiger partial charge in [-0.25, -0.2) is 9.97 Å². The highest BCUT2D eigenvalue weighted by molar-refractivity contribution is 9.10. The molecule has 0 bridgehead atoms. The lowest BCUT2D eigenvalue weighted by molar-refractivity contribution is -0.123. The van der Waals surface area contributed by atoms with Gasteiger partial charge >= 0.3 is 0 Å². The maximum atomic E-state index is 12.2. The Bertz CT molecular complexity index is 1010. The van der Waals surface area contributed by atoms with E-state index in [2.05, 4.69) is 37.7 Å². The van der Waals surface area contributed by atoms with E-state index in [0.717, 1.165) is 21.2 Å². The van der Waals surface area contributed by atoms with Gasteiger partial charge in [-0.05, 0) is 43.9 Å². The Hall–Kier alpha value is -2.45. The fourth-order valence-corrected chi connectivity index (χ4v) is 4.01. The number of halogens is 1. The minimum atomic E-state index is -0.631. The quantitative estimate of drug-likeness (QED) is 0.270. The van der Waals surface area contributed by atoms with Crippen LogP contribution in [0.15, 0.2) is 41.1 Å². The van der Waals surface area contributed by atoms with Gasteiger partial charge in [-0.3, -0.25) is 4.79 Å². The van der Waals surface area contributed by atoms with Gasteiger partial charge in [0.15, 0.2) is 5.82 Å². The third-order valence-corrected chi connectivity index (χ3v) is 5.64. The number of allylic oxidation sites excluding steroid dienone is 2. The average Bonchev–Trinajstić information content (AvgIpc) is 2.73. The van der Waals surface area contributed by atoms with Crippen LogP contribution >= 0.6 is 15.9 Å². The molecule has 3 N–H and O–H groups in total. The Labute approximate surface area is 204 Å². The van der Waals surface area contributed by atoms with Crippen molar-refractivity contribution < 1.29 is 15.0 Å². The zero-order chi connectivity index (χ0) is 24.5. The summed E-state index contributed by atoms with van der Waals surface area (Å²) in [6, 6.07) is 5.79. The molecule has 2 rings (SSSR count). The molecule has 0 fully saturated rings. The molecule has 1 heterocycles. The lowest BCUT2D eigenvalue weighted by Crippen LogP contribution is -2.36.